The van der Waals surface area contributed by atoms with Gasteiger partial charge in [-0.05, 0) is 19.9 Å². The van der Waals surface area contributed by atoms with E-state index in [2.05, 4.69) is 10.1 Å². The number of pyridine rings is 1. The Morgan fingerprint density at radius 2 is 2.12 bits per heavy atom. The van der Waals surface area contributed by atoms with E-state index in [1.165, 1.54) is 0 Å². The van der Waals surface area contributed by atoms with E-state index in [-0.39, 0.29) is 6.04 Å². The first-order chi connectivity index (χ1) is 8.09. The van der Waals surface area contributed by atoms with Gasteiger partial charge in [-0.1, -0.05) is 0 Å². The highest BCUT2D eigenvalue weighted by Crippen LogP contribution is 2.25. The molecule has 1 unspecified atom stereocenters. The maximum absolute atomic E-state index is 10.2. The molecule has 0 aliphatic heterocycles. The highest BCUT2D eigenvalue weighted by atomic mass is 16.3. The molecule has 2 heterocycles. The van der Waals surface area contributed by atoms with Gasteiger partial charge in [-0.15, -0.1) is 0 Å². The zero-order valence-corrected chi connectivity index (χ0v) is 9.91. The molecule has 1 atom stereocenters. The molecule has 17 heavy (non-hydrogen) atoms. The van der Waals surface area contributed by atoms with Crippen molar-refractivity contribution < 1.29 is 5.11 Å². The fraction of sp³-hybridized carbons (Fsp3) is 0.333. The van der Waals surface area contributed by atoms with Gasteiger partial charge in [0, 0.05) is 41.4 Å². The van der Waals surface area contributed by atoms with Gasteiger partial charge in [-0.25, -0.2) is 0 Å². The van der Waals surface area contributed by atoms with Crippen LogP contribution in [0, 0.1) is 0 Å². The first-order valence-corrected chi connectivity index (χ1v) is 5.51. The number of nitrogens with zero attached hydrogens (tertiary/aromatic N) is 3. The summed E-state index contributed by atoms with van der Waals surface area (Å²) in [4.78, 5) is 3.97. The molecule has 0 saturated carbocycles. The Morgan fingerprint density at radius 1 is 1.35 bits per heavy atom. The van der Waals surface area contributed by atoms with Crippen LogP contribution >= 0.6 is 0 Å². The Kier molecular flexibility index (Phi) is 3.10. The maximum atomic E-state index is 10.2. The molecule has 0 bridgehead atoms. The van der Waals surface area contributed by atoms with Crippen molar-refractivity contribution in [2.24, 2.45) is 0 Å². The molecule has 0 fully saturated rings. The lowest BCUT2D eigenvalue weighted by Gasteiger charge is -2.10. The Morgan fingerprint density at radius 3 is 2.71 bits per heavy atom. The molecule has 2 aromatic heterocycles. The largest absolute Gasteiger partial charge is 0.398 e. The summed E-state index contributed by atoms with van der Waals surface area (Å²) in [5.41, 5.74) is 7.66. The summed E-state index contributed by atoms with van der Waals surface area (Å²) < 4.78 is 1.80. The molecule has 0 spiro atoms. The van der Waals surface area contributed by atoms with Gasteiger partial charge in [0.25, 0.3) is 0 Å². The number of hydrogen-bond donors (Lipinski definition) is 2. The lowest BCUT2D eigenvalue weighted by molar-refractivity contribution is 0.220. The van der Waals surface area contributed by atoms with Gasteiger partial charge in [0.05, 0.1) is 6.20 Å². The molecule has 0 saturated heterocycles. The maximum Gasteiger partial charge on any atom is 0.111 e. The average molecular weight is 232 g/mol. The standard InChI is InChI=1S/C12H16N4O/c1-8(2)16-7-9(5-15-16)12(17)10-6-14-4-3-11(10)13/h3-8,12,17H,1-2H3,(H2,13,14). The third-order valence-corrected chi connectivity index (χ3v) is 2.65. The van der Waals surface area contributed by atoms with Gasteiger partial charge >= 0.3 is 0 Å². The van der Waals surface area contributed by atoms with Crippen molar-refractivity contribution in [3.8, 4) is 0 Å². The normalized spacial score (nSPS) is 12.9. The molecule has 5 heteroatoms. The number of aromatic nitrogens is 3. The Bertz CT molecular complexity index is 507. The second kappa shape index (κ2) is 4.55. The van der Waals surface area contributed by atoms with Crippen molar-refractivity contribution in [3.05, 3.63) is 42.0 Å². The SMILES string of the molecule is CC(C)n1cc(C(O)c2cnccc2N)cn1. The third kappa shape index (κ3) is 2.29. The molecule has 5 nitrogen and oxygen atoms in total. The minimum atomic E-state index is -0.781. The van der Waals surface area contributed by atoms with E-state index in [9.17, 15) is 5.11 Å². The quantitative estimate of drug-likeness (QED) is 0.841. The lowest BCUT2D eigenvalue weighted by atomic mass is 10.1. The summed E-state index contributed by atoms with van der Waals surface area (Å²) in [6, 6.07) is 1.94. The summed E-state index contributed by atoms with van der Waals surface area (Å²) in [6.07, 6.45) is 5.87. The van der Waals surface area contributed by atoms with Crippen LogP contribution in [0.3, 0.4) is 0 Å². The minimum absolute atomic E-state index is 0.266. The van der Waals surface area contributed by atoms with Crippen LogP contribution < -0.4 is 5.73 Å². The van der Waals surface area contributed by atoms with E-state index in [0.29, 0.717) is 11.3 Å². The van der Waals surface area contributed by atoms with Crippen molar-refractivity contribution in [2.75, 3.05) is 5.73 Å². The molecule has 0 amide bonds. The number of rotatable bonds is 3. The van der Waals surface area contributed by atoms with Gasteiger partial charge < -0.3 is 10.8 Å². The van der Waals surface area contributed by atoms with E-state index in [1.807, 2.05) is 20.0 Å². The van der Waals surface area contributed by atoms with Gasteiger partial charge in [0.15, 0.2) is 0 Å². The van der Waals surface area contributed by atoms with Crippen LogP contribution in [0.25, 0.3) is 0 Å². The van der Waals surface area contributed by atoms with Crippen molar-refractivity contribution >= 4 is 5.69 Å². The summed E-state index contributed by atoms with van der Waals surface area (Å²) >= 11 is 0. The average Bonchev–Trinajstić information content (AvgIpc) is 2.78. The van der Waals surface area contributed by atoms with Crippen LogP contribution in [-0.2, 0) is 0 Å². The van der Waals surface area contributed by atoms with E-state index in [4.69, 9.17) is 5.73 Å². The van der Waals surface area contributed by atoms with E-state index < -0.39 is 6.10 Å². The predicted octanol–water partition coefficient (Wildman–Crippen LogP) is 1.52. The van der Waals surface area contributed by atoms with Crippen molar-refractivity contribution in [3.63, 3.8) is 0 Å². The third-order valence-electron chi connectivity index (χ3n) is 2.65. The van der Waals surface area contributed by atoms with Gasteiger partial charge in [0.1, 0.15) is 6.10 Å². The van der Waals surface area contributed by atoms with Crippen LogP contribution in [0.5, 0.6) is 0 Å². The van der Waals surface area contributed by atoms with E-state index >= 15 is 0 Å². The van der Waals surface area contributed by atoms with Crippen LogP contribution in [0.4, 0.5) is 5.69 Å². The Labute approximate surface area is 99.9 Å². The minimum Gasteiger partial charge on any atom is -0.398 e. The zero-order chi connectivity index (χ0) is 12.4. The Hall–Kier alpha value is -1.88. The molecule has 90 valence electrons. The molecular weight excluding hydrogens is 216 g/mol. The van der Waals surface area contributed by atoms with Gasteiger partial charge in [0.2, 0.25) is 0 Å². The van der Waals surface area contributed by atoms with Crippen molar-refractivity contribution in [1.29, 1.82) is 0 Å². The van der Waals surface area contributed by atoms with Crippen LogP contribution in [0.15, 0.2) is 30.9 Å². The second-order valence-electron chi connectivity index (χ2n) is 4.25. The fourth-order valence-electron chi connectivity index (χ4n) is 1.60. The Balaban J connectivity index is 2.31. The number of aliphatic hydroxyl groups is 1. The number of aliphatic hydroxyl groups excluding tert-OH is 1. The monoisotopic (exact) mass is 232 g/mol. The fourth-order valence-corrected chi connectivity index (χ4v) is 1.60. The number of hydrogen-bond acceptors (Lipinski definition) is 4. The van der Waals surface area contributed by atoms with Crippen LogP contribution in [0.1, 0.15) is 37.1 Å². The van der Waals surface area contributed by atoms with Crippen molar-refractivity contribution in [2.45, 2.75) is 26.0 Å². The lowest BCUT2D eigenvalue weighted by Crippen LogP contribution is -2.04. The summed E-state index contributed by atoms with van der Waals surface area (Å²) in [6.45, 7) is 4.06. The van der Waals surface area contributed by atoms with Gasteiger partial charge in [-0.3, -0.25) is 9.67 Å². The van der Waals surface area contributed by atoms with E-state index in [1.54, 1.807) is 29.3 Å². The highest BCUT2D eigenvalue weighted by Gasteiger charge is 2.15. The molecule has 2 aromatic rings. The highest BCUT2D eigenvalue weighted by molar-refractivity contribution is 5.48. The molecular formula is C12H16N4O. The first kappa shape index (κ1) is 11.6. The van der Waals surface area contributed by atoms with Gasteiger partial charge in [-0.2, -0.15) is 5.10 Å². The summed E-state index contributed by atoms with van der Waals surface area (Å²) in [5.74, 6) is 0. The molecule has 2 rings (SSSR count). The number of anilines is 1. The molecule has 0 aliphatic carbocycles. The predicted molar refractivity (Wildman–Crippen MR) is 65.3 cm³/mol. The number of nitrogen functional groups attached to an aromatic ring is 1. The number of nitrogens with two attached hydrogens (primary N) is 1. The molecule has 3 N–H and O–H groups in total. The van der Waals surface area contributed by atoms with E-state index in [0.717, 1.165) is 5.56 Å². The molecule has 0 radical (unpaired) electrons. The zero-order valence-electron chi connectivity index (χ0n) is 9.91. The summed E-state index contributed by atoms with van der Waals surface area (Å²) in [5, 5.41) is 14.4. The second-order valence-corrected chi connectivity index (χ2v) is 4.25. The molecule has 0 aliphatic rings. The smallest absolute Gasteiger partial charge is 0.111 e. The molecule has 0 aromatic carbocycles. The van der Waals surface area contributed by atoms with Crippen LogP contribution in [0.2, 0.25) is 0 Å². The topological polar surface area (TPSA) is 77.0 Å². The summed E-state index contributed by atoms with van der Waals surface area (Å²) in [7, 11) is 0. The first-order valence-electron chi connectivity index (χ1n) is 5.51. The van der Waals surface area contributed by atoms with Crippen LogP contribution in [-0.4, -0.2) is 19.9 Å². The van der Waals surface area contributed by atoms with Crippen molar-refractivity contribution in [1.82, 2.24) is 14.8 Å².